The van der Waals surface area contributed by atoms with Crippen molar-refractivity contribution in [2.75, 3.05) is 21.3 Å². The minimum Gasteiger partial charge on any atom is -0.380 e. The first-order chi connectivity index (χ1) is 15.7. The van der Waals surface area contributed by atoms with Gasteiger partial charge in [-0.3, -0.25) is 15.0 Å². The maximum Gasteiger partial charge on any atom is 0.188 e. The molecule has 33 heavy (non-hydrogen) atoms. The Hall–Kier alpha value is -0.640. The summed E-state index contributed by atoms with van der Waals surface area (Å²) in [5, 5.41) is 1.50. The number of rotatable bonds is 3. The second kappa shape index (κ2) is 8.79. The Morgan fingerprint density at radius 3 is 2.33 bits per heavy atom. The van der Waals surface area contributed by atoms with Gasteiger partial charge in [0, 0.05) is 45.7 Å². The molecule has 2 heterocycles. The molecule has 5 aliphatic rings. The van der Waals surface area contributed by atoms with Gasteiger partial charge >= 0.3 is 0 Å². The highest BCUT2D eigenvalue weighted by atomic mass is 35.5. The van der Waals surface area contributed by atoms with E-state index < -0.39 is 35.3 Å². The van der Waals surface area contributed by atoms with E-state index in [9.17, 15) is 14.0 Å². The quantitative estimate of drug-likeness (QED) is 0.484. The number of carbonyl (C=O) groups excluding carboxylic acids is 2. The van der Waals surface area contributed by atoms with Crippen LogP contribution in [0, 0.1) is 23.7 Å². The fourth-order valence-electron chi connectivity index (χ4n) is 7.62. The van der Waals surface area contributed by atoms with E-state index >= 15 is 0 Å². The molecule has 0 amide bonds. The van der Waals surface area contributed by atoms with Gasteiger partial charge < -0.3 is 14.2 Å². The van der Waals surface area contributed by atoms with E-state index in [1.54, 1.807) is 14.2 Å². The van der Waals surface area contributed by atoms with Gasteiger partial charge in [0.25, 0.3) is 0 Å². The molecule has 0 radical (unpaired) electrons. The Morgan fingerprint density at radius 2 is 1.70 bits per heavy atom. The number of ketones is 2. The second-order valence-electron chi connectivity index (χ2n) is 10.8. The first-order valence-electron chi connectivity index (χ1n) is 12.3. The van der Waals surface area contributed by atoms with Crippen molar-refractivity contribution >= 4 is 23.2 Å². The molecule has 2 aliphatic heterocycles. The number of Topliss-reactive ketones (excluding diaryl/α,β-unsaturated/α-hetero) is 2. The number of alkyl halides is 2. The normalized spacial score (nSPS) is 52.8. The number of fused-ring (bicyclic) bond motifs is 2. The molecular formula is C24H36ClFN2O5. The molecule has 0 aromatic rings. The van der Waals surface area contributed by atoms with Crippen molar-refractivity contribution in [1.82, 2.24) is 10.4 Å². The zero-order valence-corrected chi connectivity index (χ0v) is 20.6. The summed E-state index contributed by atoms with van der Waals surface area (Å²) in [5.74, 6) is -1.35. The zero-order chi connectivity index (χ0) is 23.7. The van der Waals surface area contributed by atoms with Crippen LogP contribution in [0.2, 0.25) is 0 Å². The molecule has 186 valence electrons. The summed E-state index contributed by atoms with van der Waals surface area (Å²) in [6, 6.07) is -0.123. The molecule has 10 atom stereocenters. The summed E-state index contributed by atoms with van der Waals surface area (Å²) < 4.78 is 31.6. The molecule has 7 nitrogen and oxygen atoms in total. The number of nitrogens with zero attached hydrogens (tertiary/aromatic N) is 1. The third-order valence-electron chi connectivity index (χ3n) is 9.26. The van der Waals surface area contributed by atoms with E-state index in [-0.39, 0.29) is 47.5 Å². The standard InChI is InChI=1S/C24H36ClFN2O5/c1-11-9-14-17(20(28(2)27-14)12-5-7-13(26)8-6-12)22(29)24(11)23(30)18-15(31-3)10-16(32-4)19(25)21(18)33-24/h11-21,27H,5-10H2,1-4H3/t11-,12?,13?,14?,15?,16?,17?,18?,19?,20?,21?,24+/m1/s1. The van der Waals surface area contributed by atoms with Crippen molar-refractivity contribution in [3.63, 3.8) is 0 Å². The predicted molar refractivity (Wildman–Crippen MR) is 120 cm³/mol. The summed E-state index contributed by atoms with van der Waals surface area (Å²) in [5.41, 5.74) is 1.98. The molecule has 1 spiro atoms. The van der Waals surface area contributed by atoms with E-state index in [1.807, 2.05) is 19.0 Å². The van der Waals surface area contributed by atoms with Crippen molar-refractivity contribution in [2.45, 2.75) is 93.0 Å². The second-order valence-corrected chi connectivity index (χ2v) is 11.3. The van der Waals surface area contributed by atoms with Crippen LogP contribution in [0.1, 0.15) is 45.4 Å². The fourth-order valence-corrected chi connectivity index (χ4v) is 8.04. The number of nitrogens with one attached hydrogen (secondary N) is 1. The summed E-state index contributed by atoms with van der Waals surface area (Å²) in [7, 11) is 5.14. The van der Waals surface area contributed by atoms with E-state index in [0.717, 1.165) is 12.8 Å². The van der Waals surface area contributed by atoms with Crippen LogP contribution in [0.25, 0.3) is 0 Å². The SMILES string of the molecule is COC1CC(OC)C2C(=O)[C@@]3(OC2C1Cl)C(=O)C1C(C[C@H]3C)NN(C)C1C1CCC(F)CC1. The summed E-state index contributed by atoms with van der Waals surface area (Å²) in [6.45, 7) is 1.94. The molecule has 3 aliphatic carbocycles. The maximum absolute atomic E-state index is 14.3. The fraction of sp³-hybridized carbons (Fsp3) is 0.917. The molecule has 5 fully saturated rings. The van der Waals surface area contributed by atoms with Gasteiger partial charge in [-0.2, -0.15) is 0 Å². The van der Waals surface area contributed by atoms with E-state index in [2.05, 4.69) is 5.43 Å². The molecule has 0 aromatic carbocycles. The minimum absolute atomic E-state index is 0.0491. The van der Waals surface area contributed by atoms with Crippen molar-refractivity contribution in [2.24, 2.45) is 23.7 Å². The lowest BCUT2D eigenvalue weighted by Gasteiger charge is -2.44. The average molecular weight is 487 g/mol. The van der Waals surface area contributed by atoms with Crippen LogP contribution in [-0.4, -0.2) is 85.4 Å². The monoisotopic (exact) mass is 486 g/mol. The van der Waals surface area contributed by atoms with Gasteiger partial charge in [0.05, 0.1) is 35.5 Å². The van der Waals surface area contributed by atoms with Crippen LogP contribution >= 0.6 is 11.6 Å². The van der Waals surface area contributed by atoms with Gasteiger partial charge in [0.1, 0.15) is 6.17 Å². The lowest BCUT2D eigenvalue weighted by Crippen LogP contribution is -2.62. The lowest BCUT2D eigenvalue weighted by atomic mass is 9.61. The zero-order valence-electron chi connectivity index (χ0n) is 19.8. The number of hydrogen-bond acceptors (Lipinski definition) is 7. The number of hydrogen-bond donors (Lipinski definition) is 1. The average Bonchev–Trinajstić information content (AvgIpc) is 3.29. The lowest BCUT2D eigenvalue weighted by molar-refractivity contribution is -0.170. The molecule has 0 bridgehead atoms. The molecular weight excluding hydrogens is 451 g/mol. The summed E-state index contributed by atoms with van der Waals surface area (Å²) in [4.78, 5) is 28.3. The smallest absolute Gasteiger partial charge is 0.188 e. The highest BCUT2D eigenvalue weighted by Crippen LogP contribution is 2.53. The third-order valence-corrected chi connectivity index (χ3v) is 9.79. The van der Waals surface area contributed by atoms with Crippen LogP contribution in [0.5, 0.6) is 0 Å². The van der Waals surface area contributed by atoms with Gasteiger partial charge in [0.15, 0.2) is 17.2 Å². The number of ether oxygens (including phenoxy) is 3. The van der Waals surface area contributed by atoms with E-state index in [0.29, 0.717) is 25.7 Å². The largest absolute Gasteiger partial charge is 0.380 e. The highest BCUT2D eigenvalue weighted by Gasteiger charge is 2.71. The topological polar surface area (TPSA) is 77.1 Å². The van der Waals surface area contributed by atoms with E-state index in [1.165, 1.54) is 0 Å². The molecule has 2 saturated heterocycles. The van der Waals surface area contributed by atoms with Gasteiger partial charge in [-0.25, -0.2) is 9.40 Å². The van der Waals surface area contributed by atoms with Crippen molar-refractivity contribution in [3.8, 4) is 0 Å². The Bertz CT molecular complexity index is 795. The predicted octanol–water partition coefficient (Wildman–Crippen LogP) is 2.29. The summed E-state index contributed by atoms with van der Waals surface area (Å²) in [6.07, 6.45) is 1.61. The van der Waals surface area contributed by atoms with Crippen LogP contribution in [0.3, 0.4) is 0 Å². The van der Waals surface area contributed by atoms with Crippen LogP contribution in [0.15, 0.2) is 0 Å². The summed E-state index contributed by atoms with van der Waals surface area (Å²) >= 11 is 6.74. The Labute approximate surface area is 200 Å². The van der Waals surface area contributed by atoms with Gasteiger partial charge in [-0.1, -0.05) is 6.92 Å². The van der Waals surface area contributed by atoms with Crippen LogP contribution in [-0.2, 0) is 23.8 Å². The molecule has 5 rings (SSSR count). The molecule has 9 heteroatoms. The number of hydrazine groups is 1. The number of carbonyl (C=O) groups is 2. The van der Waals surface area contributed by atoms with E-state index in [4.69, 9.17) is 25.8 Å². The number of methoxy groups -OCH3 is 2. The molecule has 8 unspecified atom stereocenters. The minimum atomic E-state index is -1.51. The molecule has 3 saturated carbocycles. The molecule has 0 aromatic heterocycles. The first-order valence-corrected chi connectivity index (χ1v) is 12.8. The van der Waals surface area contributed by atoms with Crippen molar-refractivity contribution in [1.29, 1.82) is 0 Å². The maximum atomic E-state index is 14.3. The van der Waals surface area contributed by atoms with Crippen LogP contribution < -0.4 is 5.43 Å². The first kappa shape index (κ1) is 24.1. The van der Waals surface area contributed by atoms with Gasteiger partial charge in [0.2, 0.25) is 0 Å². The van der Waals surface area contributed by atoms with Crippen molar-refractivity contribution in [3.05, 3.63) is 0 Å². The van der Waals surface area contributed by atoms with Gasteiger partial charge in [-0.05, 0) is 38.0 Å². The van der Waals surface area contributed by atoms with Crippen molar-refractivity contribution < 1.29 is 28.2 Å². The Morgan fingerprint density at radius 1 is 1.06 bits per heavy atom. The van der Waals surface area contributed by atoms with Crippen LogP contribution in [0.4, 0.5) is 4.39 Å². The third kappa shape index (κ3) is 3.46. The highest BCUT2D eigenvalue weighted by molar-refractivity contribution is 6.23. The Balaban J connectivity index is 1.48. The molecule has 1 N–H and O–H groups in total. The Kier molecular flexibility index (Phi) is 6.41. The number of halogens is 2. The van der Waals surface area contributed by atoms with Gasteiger partial charge in [-0.15, -0.1) is 11.6 Å².